The van der Waals surface area contributed by atoms with Gasteiger partial charge in [-0.05, 0) is 44.4 Å². The molecule has 7 nitrogen and oxygen atoms in total. The molecular weight excluding hydrogens is 422 g/mol. The number of dihydropyridines is 1. The summed E-state index contributed by atoms with van der Waals surface area (Å²) in [6.45, 7) is 6.31. The van der Waals surface area contributed by atoms with Crippen molar-refractivity contribution in [1.82, 2.24) is 24.5 Å². The SMILES string of the molecule is Cc1cccc2c(-c3cccc4nn(C)cc34)nn(C3C=CC(N4CCC(N)CC4)=NC3C)c12. The average molecular weight is 454 g/mol. The smallest absolute Gasteiger partial charge is 0.123 e. The lowest BCUT2D eigenvalue weighted by atomic mass is 10.0. The van der Waals surface area contributed by atoms with Gasteiger partial charge >= 0.3 is 0 Å². The van der Waals surface area contributed by atoms with Gasteiger partial charge in [-0.2, -0.15) is 10.2 Å². The van der Waals surface area contributed by atoms with Crippen molar-refractivity contribution in [3.05, 3.63) is 60.3 Å². The minimum atomic E-state index is 0.0567. The summed E-state index contributed by atoms with van der Waals surface area (Å²) in [5.41, 5.74) is 11.6. The Morgan fingerprint density at radius 3 is 2.59 bits per heavy atom. The van der Waals surface area contributed by atoms with E-state index in [1.165, 1.54) is 11.1 Å². The van der Waals surface area contributed by atoms with Crippen LogP contribution in [0.25, 0.3) is 33.1 Å². The Labute approximate surface area is 199 Å². The molecule has 2 unspecified atom stereocenters. The summed E-state index contributed by atoms with van der Waals surface area (Å²) in [7, 11) is 1.96. The van der Waals surface area contributed by atoms with Gasteiger partial charge in [-0.1, -0.05) is 36.4 Å². The molecule has 2 aromatic carbocycles. The normalized spacial score (nSPS) is 21.5. The van der Waals surface area contributed by atoms with Crippen LogP contribution in [0.1, 0.15) is 31.4 Å². The number of piperidine rings is 1. The van der Waals surface area contributed by atoms with Crippen molar-refractivity contribution in [3.8, 4) is 11.3 Å². The number of hydrogen-bond acceptors (Lipinski definition) is 5. The third-order valence-corrected chi connectivity index (χ3v) is 7.27. The fourth-order valence-corrected chi connectivity index (χ4v) is 5.42. The van der Waals surface area contributed by atoms with Crippen LogP contribution in [-0.2, 0) is 7.05 Å². The zero-order chi connectivity index (χ0) is 23.4. The predicted molar refractivity (Wildman–Crippen MR) is 138 cm³/mol. The van der Waals surface area contributed by atoms with Crippen molar-refractivity contribution in [1.29, 1.82) is 0 Å². The molecule has 4 heterocycles. The molecule has 2 aliphatic heterocycles. The number of aryl methyl sites for hydroxylation is 2. The zero-order valence-electron chi connectivity index (χ0n) is 20.0. The van der Waals surface area contributed by atoms with Gasteiger partial charge in [0.15, 0.2) is 0 Å². The predicted octanol–water partition coefficient (Wildman–Crippen LogP) is 4.22. The monoisotopic (exact) mass is 453 g/mol. The number of nitrogens with two attached hydrogens (primary N) is 1. The van der Waals surface area contributed by atoms with E-state index < -0.39 is 0 Å². The van der Waals surface area contributed by atoms with Crippen molar-refractivity contribution < 1.29 is 0 Å². The summed E-state index contributed by atoms with van der Waals surface area (Å²) in [5, 5.41) is 12.1. The summed E-state index contributed by atoms with van der Waals surface area (Å²) in [4.78, 5) is 7.47. The van der Waals surface area contributed by atoms with E-state index >= 15 is 0 Å². The maximum Gasteiger partial charge on any atom is 0.123 e. The molecule has 0 saturated carbocycles. The Kier molecular flexibility index (Phi) is 5.03. The lowest BCUT2D eigenvalue weighted by Gasteiger charge is -2.34. The third kappa shape index (κ3) is 3.42. The fraction of sp³-hybridized carbons (Fsp3) is 0.370. The Morgan fingerprint density at radius 1 is 1.00 bits per heavy atom. The second-order valence-electron chi connectivity index (χ2n) is 9.71. The van der Waals surface area contributed by atoms with E-state index in [4.69, 9.17) is 15.8 Å². The highest BCUT2D eigenvalue weighted by Gasteiger charge is 2.28. The number of nitrogens with zero attached hydrogens (tertiary/aromatic N) is 6. The van der Waals surface area contributed by atoms with E-state index in [9.17, 15) is 0 Å². The van der Waals surface area contributed by atoms with E-state index in [2.05, 4.69) is 83.3 Å². The summed E-state index contributed by atoms with van der Waals surface area (Å²) >= 11 is 0. The van der Waals surface area contributed by atoms with E-state index in [1.807, 2.05) is 11.7 Å². The first-order valence-corrected chi connectivity index (χ1v) is 12.2. The highest BCUT2D eigenvalue weighted by molar-refractivity contribution is 6.03. The number of benzene rings is 2. The van der Waals surface area contributed by atoms with E-state index in [1.54, 1.807) is 0 Å². The van der Waals surface area contributed by atoms with Crippen LogP contribution in [0.4, 0.5) is 0 Å². The Morgan fingerprint density at radius 2 is 1.79 bits per heavy atom. The Balaban J connectivity index is 1.43. The van der Waals surface area contributed by atoms with Crippen LogP contribution >= 0.6 is 0 Å². The van der Waals surface area contributed by atoms with Gasteiger partial charge in [-0.25, -0.2) is 0 Å². The summed E-state index contributed by atoms with van der Waals surface area (Å²) in [6.07, 6.45) is 8.58. The maximum absolute atomic E-state index is 6.10. The number of aromatic nitrogens is 4. The van der Waals surface area contributed by atoms with Crippen molar-refractivity contribution >= 4 is 27.6 Å². The molecule has 1 fully saturated rings. The fourth-order valence-electron chi connectivity index (χ4n) is 5.42. The van der Waals surface area contributed by atoms with Crippen LogP contribution in [0.3, 0.4) is 0 Å². The molecule has 2 atom stereocenters. The van der Waals surface area contributed by atoms with Crippen molar-refractivity contribution in [3.63, 3.8) is 0 Å². The van der Waals surface area contributed by atoms with Gasteiger partial charge in [-0.3, -0.25) is 14.4 Å². The van der Waals surface area contributed by atoms with Gasteiger partial charge in [-0.15, -0.1) is 0 Å². The molecule has 0 spiro atoms. The van der Waals surface area contributed by atoms with Gasteiger partial charge in [0.05, 0.1) is 23.1 Å². The van der Waals surface area contributed by atoms with Crippen LogP contribution < -0.4 is 5.73 Å². The summed E-state index contributed by atoms with van der Waals surface area (Å²) < 4.78 is 4.05. The van der Waals surface area contributed by atoms with Gasteiger partial charge in [0, 0.05) is 48.7 Å². The molecule has 4 aromatic rings. The molecule has 34 heavy (non-hydrogen) atoms. The lowest BCUT2D eigenvalue weighted by molar-refractivity contribution is 0.310. The largest absolute Gasteiger partial charge is 0.357 e. The first-order chi connectivity index (χ1) is 16.5. The topological polar surface area (TPSA) is 77.3 Å². The molecule has 2 N–H and O–H groups in total. The van der Waals surface area contributed by atoms with Crippen molar-refractivity contribution in [2.24, 2.45) is 17.8 Å². The minimum Gasteiger partial charge on any atom is -0.357 e. The first-order valence-electron chi connectivity index (χ1n) is 12.2. The molecular formula is C27H31N7. The van der Waals surface area contributed by atoms with Crippen molar-refractivity contribution in [2.75, 3.05) is 13.1 Å². The second-order valence-corrected chi connectivity index (χ2v) is 9.71. The van der Waals surface area contributed by atoms with Crippen LogP contribution in [0.2, 0.25) is 0 Å². The van der Waals surface area contributed by atoms with Gasteiger partial charge in [0.1, 0.15) is 11.5 Å². The molecule has 7 heteroatoms. The zero-order valence-corrected chi connectivity index (χ0v) is 20.0. The van der Waals surface area contributed by atoms with E-state index in [-0.39, 0.29) is 12.1 Å². The standard InChI is InChI=1S/C27H31N7/c1-17-6-4-8-21-26(20-7-5-9-23-22(20)16-32(3)30-23)31-34(27(17)21)24-10-11-25(29-18(24)2)33-14-12-19(28)13-15-33/h4-11,16,18-19,24H,12-15,28H2,1-3H3. The summed E-state index contributed by atoms with van der Waals surface area (Å²) in [6, 6.07) is 13.2. The third-order valence-electron chi connectivity index (χ3n) is 7.27. The quantitative estimate of drug-likeness (QED) is 0.493. The number of likely N-dealkylation sites (tertiary alicyclic amines) is 1. The first kappa shape index (κ1) is 21.1. The molecule has 0 bridgehead atoms. The van der Waals surface area contributed by atoms with E-state index in [0.29, 0.717) is 6.04 Å². The number of amidine groups is 1. The maximum atomic E-state index is 6.10. The number of rotatable bonds is 2. The number of para-hydroxylation sites is 1. The van der Waals surface area contributed by atoms with Gasteiger partial charge in [0.2, 0.25) is 0 Å². The van der Waals surface area contributed by atoms with Crippen LogP contribution in [0.15, 0.2) is 59.7 Å². The minimum absolute atomic E-state index is 0.0567. The molecule has 0 amide bonds. The van der Waals surface area contributed by atoms with Gasteiger partial charge < -0.3 is 10.6 Å². The molecule has 0 radical (unpaired) electrons. The Hall–Kier alpha value is -3.45. The highest BCUT2D eigenvalue weighted by atomic mass is 15.3. The Bertz CT molecular complexity index is 1430. The van der Waals surface area contributed by atoms with Crippen LogP contribution in [0.5, 0.6) is 0 Å². The number of hydrogen-bond donors (Lipinski definition) is 1. The van der Waals surface area contributed by atoms with Crippen LogP contribution in [0, 0.1) is 6.92 Å². The molecule has 2 aromatic heterocycles. The molecule has 1 saturated heterocycles. The highest BCUT2D eigenvalue weighted by Crippen LogP contribution is 2.36. The average Bonchev–Trinajstić information content (AvgIpc) is 3.40. The molecule has 6 rings (SSSR count). The summed E-state index contributed by atoms with van der Waals surface area (Å²) in [5.74, 6) is 1.07. The van der Waals surface area contributed by atoms with Gasteiger partial charge in [0.25, 0.3) is 0 Å². The second kappa shape index (κ2) is 8.09. The van der Waals surface area contributed by atoms with E-state index in [0.717, 1.165) is 59.3 Å². The lowest BCUT2D eigenvalue weighted by Crippen LogP contribution is -2.43. The number of aliphatic imine (C=N–C) groups is 1. The van der Waals surface area contributed by atoms with Crippen molar-refractivity contribution in [2.45, 2.75) is 44.8 Å². The number of fused-ring (bicyclic) bond motifs is 2. The van der Waals surface area contributed by atoms with Crippen LogP contribution in [-0.4, -0.2) is 55.5 Å². The molecule has 174 valence electrons. The molecule has 0 aliphatic carbocycles. The molecule has 2 aliphatic rings.